The Morgan fingerprint density at radius 1 is 1.19 bits per heavy atom. The van der Waals surface area contributed by atoms with Crippen LogP contribution in [0.3, 0.4) is 0 Å². The van der Waals surface area contributed by atoms with Gasteiger partial charge in [0.2, 0.25) is 0 Å². The lowest BCUT2D eigenvalue weighted by molar-refractivity contribution is 0.183. The smallest absolute Gasteiger partial charge is 0.317 e. The van der Waals surface area contributed by atoms with Gasteiger partial charge in [-0.15, -0.1) is 11.8 Å². The molecule has 0 spiro atoms. The third kappa shape index (κ3) is 4.95. The van der Waals surface area contributed by atoms with Crippen LogP contribution in [0.25, 0.3) is 0 Å². The van der Waals surface area contributed by atoms with Crippen molar-refractivity contribution in [2.24, 2.45) is 0 Å². The second-order valence-electron chi connectivity index (χ2n) is 5.76. The Hall–Kier alpha value is -1.16. The number of carbonyl (C=O) groups is 1. The summed E-state index contributed by atoms with van der Waals surface area (Å²) in [5.74, 6) is 0. The first-order valence-electron chi connectivity index (χ1n) is 7.84. The molecule has 0 radical (unpaired) electrons. The molecule has 1 fully saturated rings. The van der Waals surface area contributed by atoms with Crippen molar-refractivity contribution in [2.75, 3.05) is 13.3 Å². The topological polar surface area (TPSA) is 32.3 Å². The third-order valence-electron chi connectivity index (χ3n) is 4.30. The van der Waals surface area contributed by atoms with Crippen molar-refractivity contribution < 1.29 is 4.79 Å². The number of thioether (sulfide) groups is 1. The maximum Gasteiger partial charge on any atom is 0.317 e. The number of rotatable bonds is 4. The molecule has 2 rings (SSSR count). The van der Waals surface area contributed by atoms with Crippen LogP contribution in [0, 0.1) is 0 Å². The average Bonchev–Trinajstić information content (AvgIpc) is 2.81. The van der Waals surface area contributed by atoms with Gasteiger partial charge in [0.15, 0.2) is 0 Å². The van der Waals surface area contributed by atoms with Gasteiger partial charge in [0.1, 0.15) is 0 Å². The number of benzene rings is 1. The largest absolute Gasteiger partial charge is 0.334 e. The summed E-state index contributed by atoms with van der Waals surface area (Å²) in [5.41, 5.74) is 1.15. The van der Waals surface area contributed by atoms with Crippen molar-refractivity contribution >= 4 is 17.8 Å². The minimum Gasteiger partial charge on any atom is -0.334 e. The molecule has 0 atom stereocenters. The summed E-state index contributed by atoms with van der Waals surface area (Å²) in [6.45, 7) is 0.602. The van der Waals surface area contributed by atoms with Crippen LogP contribution < -0.4 is 5.32 Å². The zero-order valence-electron chi connectivity index (χ0n) is 13.1. The minimum absolute atomic E-state index is 0.0517. The van der Waals surface area contributed by atoms with Crippen LogP contribution in [0.4, 0.5) is 4.79 Å². The van der Waals surface area contributed by atoms with Crippen LogP contribution in [-0.4, -0.2) is 30.3 Å². The fourth-order valence-electron chi connectivity index (χ4n) is 2.86. The van der Waals surface area contributed by atoms with Crippen LogP contribution in [0.15, 0.2) is 29.2 Å². The number of amides is 2. The molecule has 21 heavy (non-hydrogen) atoms. The second kappa shape index (κ2) is 8.32. The van der Waals surface area contributed by atoms with Crippen LogP contribution in [0.5, 0.6) is 0 Å². The van der Waals surface area contributed by atoms with Crippen molar-refractivity contribution in [1.82, 2.24) is 10.2 Å². The molecule has 116 valence electrons. The van der Waals surface area contributed by atoms with Crippen molar-refractivity contribution in [1.29, 1.82) is 0 Å². The molecule has 0 heterocycles. The molecule has 3 nitrogen and oxygen atoms in total. The van der Waals surface area contributed by atoms with Crippen LogP contribution in [-0.2, 0) is 6.54 Å². The molecule has 1 saturated carbocycles. The predicted molar refractivity (Wildman–Crippen MR) is 89.7 cm³/mol. The van der Waals surface area contributed by atoms with E-state index in [9.17, 15) is 4.79 Å². The maximum atomic E-state index is 12.3. The molecule has 1 aliphatic carbocycles. The van der Waals surface area contributed by atoms with Gasteiger partial charge in [0.05, 0.1) is 0 Å². The molecule has 0 unspecified atom stereocenters. The lowest BCUT2D eigenvalue weighted by atomic mass is 10.1. The highest BCUT2D eigenvalue weighted by Crippen LogP contribution is 2.21. The number of urea groups is 1. The Morgan fingerprint density at radius 3 is 2.38 bits per heavy atom. The van der Waals surface area contributed by atoms with E-state index in [1.807, 2.05) is 11.9 Å². The van der Waals surface area contributed by atoms with Gasteiger partial charge in [-0.05, 0) is 36.8 Å². The summed E-state index contributed by atoms with van der Waals surface area (Å²) in [6, 6.07) is 8.82. The monoisotopic (exact) mass is 306 g/mol. The summed E-state index contributed by atoms with van der Waals surface area (Å²) in [6.07, 6.45) is 9.48. The highest BCUT2D eigenvalue weighted by atomic mass is 32.2. The van der Waals surface area contributed by atoms with Crippen LogP contribution >= 0.6 is 11.8 Å². The quantitative estimate of drug-likeness (QED) is 0.665. The predicted octanol–water partition coefficient (Wildman–Crippen LogP) is 4.27. The zero-order valence-corrected chi connectivity index (χ0v) is 13.9. The third-order valence-corrected chi connectivity index (χ3v) is 5.04. The van der Waals surface area contributed by atoms with Gasteiger partial charge in [0.25, 0.3) is 0 Å². The Labute approximate surface area is 132 Å². The van der Waals surface area contributed by atoms with Gasteiger partial charge in [-0.1, -0.05) is 37.8 Å². The molecule has 1 N–H and O–H groups in total. The first-order valence-corrected chi connectivity index (χ1v) is 9.07. The van der Waals surface area contributed by atoms with Crippen molar-refractivity contribution in [3.05, 3.63) is 29.8 Å². The number of nitrogens with one attached hydrogen (secondary N) is 1. The highest BCUT2D eigenvalue weighted by Gasteiger charge is 2.20. The van der Waals surface area contributed by atoms with E-state index in [0.29, 0.717) is 12.6 Å². The molecule has 2 amide bonds. The van der Waals surface area contributed by atoms with E-state index in [1.165, 1.54) is 30.6 Å². The molecule has 0 aromatic heterocycles. The standard InChI is InChI=1S/C17H26N2OS/c1-19(15-7-5-3-4-6-8-15)17(20)18-13-14-9-11-16(21-2)12-10-14/h9-12,15H,3-8,13H2,1-2H3,(H,18,20). The SMILES string of the molecule is CSc1ccc(CNC(=O)N(C)C2CCCCCC2)cc1. The molecule has 0 saturated heterocycles. The van der Waals surface area contributed by atoms with Gasteiger partial charge >= 0.3 is 6.03 Å². The summed E-state index contributed by atoms with van der Waals surface area (Å²) in [5, 5.41) is 3.03. The van der Waals surface area contributed by atoms with E-state index in [1.54, 1.807) is 11.8 Å². The van der Waals surface area contributed by atoms with Crippen LogP contribution in [0.1, 0.15) is 44.1 Å². The fourth-order valence-corrected chi connectivity index (χ4v) is 3.26. The summed E-state index contributed by atoms with van der Waals surface area (Å²) >= 11 is 1.73. The van der Waals surface area contributed by atoms with Gasteiger partial charge < -0.3 is 10.2 Å². The Kier molecular flexibility index (Phi) is 6.43. The normalized spacial score (nSPS) is 16.3. The number of nitrogens with zero attached hydrogens (tertiary/aromatic N) is 1. The van der Waals surface area contributed by atoms with Crippen molar-refractivity contribution in [3.63, 3.8) is 0 Å². The Balaban J connectivity index is 1.82. The van der Waals surface area contributed by atoms with E-state index in [0.717, 1.165) is 18.4 Å². The van der Waals surface area contributed by atoms with E-state index in [4.69, 9.17) is 0 Å². The van der Waals surface area contributed by atoms with E-state index >= 15 is 0 Å². The lowest BCUT2D eigenvalue weighted by Gasteiger charge is -2.27. The molecule has 0 bridgehead atoms. The molecule has 0 aliphatic heterocycles. The van der Waals surface area contributed by atoms with E-state index < -0.39 is 0 Å². The van der Waals surface area contributed by atoms with E-state index in [2.05, 4.69) is 35.8 Å². The molecule has 1 aromatic carbocycles. The summed E-state index contributed by atoms with van der Waals surface area (Å²) in [4.78, 5) is 15.4. The first kappa shape index (κ1) is 16.2. The number of hydrogen-bond acceptors (Lipinski definition) is 2. The van der Waals surface area contributed by atoms with Gasteiger partial charge in [-0.2, -0.15) is 0 Å². The number of carbonyl (C=O) groups excluding carboxylic acids is 1. The highest BCUT2D eigenvalue weighted by molar-refractivity contribution is 7.98. The minimum atomic E-state index is 0.0517. The average molecular weight is 306 g/mol. The van der Waals surface area contributed by atoms with Gasteiger partial charge in [0, 0.05) is 24.5 Å². The Bertz CT molecular complexity index is 439. The zero-order chi connectivity index (χ0) is 15.1. The number of hydrogen-bond donors (Lipinski definition) is 1. The maximum absolute atomic E-state index is 12.3. The van der Waals surface area contributed by atoms with Crippen LogP contribution in [0.2, 0.25) is 0 Å². The molecule has 4 heteroatoms. The van der Waals surface area contributed by atoms with Gasteiger partial charge in [-0.3, -0.25) is 0 Å². The molecular weight excluding hydrogens is 280 g/mol. The molecule has 1 aromatic rings. The summed E-state index contributed by atoms with van der Waals surface area (Å²) < 4.78 is 0. The Morgan fingerprint density at radius 2 is 1.81 bits per heavy atom. The first-order chi connectivity index (χ1) is 10.2. The summed E-state index contributed by atoms with van der Waals surface area (Å²) in [7, 11) is 1.93. The second-order valence-corrected chi connectivity index (χ2v) is 6.64. The lowest BCUT2D eigenvalue weighted by Crippen LogP contribution is -2.43. The fraction of sp³-hybridized carbons (Fsp3) is 0.588. The van der Waals surface area contributed by atoms with E-state index in [-0.39, 0.29) is 6.03 Å². The molecule has 1 aliphatic rings. The van der Waals surface area contributed by atoms with Crippen molar-refractivity contribution in [2.45, 2.75) is 56.0 Å². The molecular formula is C17H26N2OS. The van der Waals surface area contributed by atoms with Gasteiger partial charge in [-0.25, -0.2) is 4.79 Å². The van der Waals surface area contributed by atoms with Crippen molar-refractivity contribution in [3.8, 4) is 0 Å².